The average Bonchev–Trinajstić information content (AvgIpc) is 3.12. The van der Waals surface area contributed by atoms with Gasteiger partial charge in [-0.3, -0.25) is 19.4 Å². The summed E-state index contributed by atoms with van der Waals surface area (Å²) in [5.74, 6) is -2.94. The number of aryl methyl sites for hydroxylation is 1. The molecule has 39 heavy (non-hydrogen) atoms. The van der Waals surface area contributed by atoms with Crippen LogP contribution in [0.25, 0.3) is 0 Å². The quantitative estimate of drug-likeness (QED) is 0.262. The second kappa shape index (κ2) is 13.5. The summed E-state index contributed by atoms with van der Waals surface area (Å²) in [4.78, 5) is 50.5. The van der Waals surface area contributed by atoms with Crippen molar-refractivity contribution < 1.29 is 44.3 Å². The van der Waals surface area contributed by atoms with Crippen molar-refractivity contribution in [2.24, 2.45) is 11.8 Å². The Labute approximate surface area is 227 Å². The van der Waals surface area contributed by atoms with E-state index in [1.54, 1.807) is 7.11 Å². The zero-order valence-corrected chi connectivity index (χ0v) is 22.2. The van der Waals surface area contributed by atoms with Gasteiger partial charge in [-0.1, -0.05) is 6.07 Å². The van der Waals surface area contributed by atoms with E-state index in [1.807, 2.05) is 6.07 Å². The standard InChI is InChI=1S/C23H33N3O5.C4H4O4/c1-15-4-5-21(31-2)18(12-15)25-10-8-24(9-11-25)6-3-7-26-22(29)16-13-19(27)20(28)14-17(16)23(26)30;5-3(6)1-2-4(7)8/h4-5,12,16-17,19-20,27-28H,3,6-11,13-14H2,1-2H3;1-2H,(H,5,6)(H,7,8)/b;2-1-. The minimum absolute atomic E-state index is 0.178. The molecule has 1 aromatic rings. The van der Waals surface area contributed by atoms with Gasteiger partial charge >= 0.3 is 11.9 Å². The van der Waals surface area contributed by atoms with Crippen LogP contribution in [0.5, 0.6) is 5.75 Å². The molecule has 12 heteroatoms. The van der Waals surface area contributed by atoms with Crippen molar-refractivity contribution in [2.75, 3.05) is 51.3 Å². The molecule has 0 bridgehead atoms. The van der Waals surface area contributed by atoms with E-state index in [-0.39, 0.29) is 24.7 Å². The molecule has 2 heterocycles. The van der Waals surface area contributed by atoms with Crippen LogP contribution in [0, 0.1) is 18.8 Å². The Balaban J connectivity index is 0.000000459. The second-order valence-electron chi connectivity index (χ2n) is 10.0. The Bertz CT molecular complexity index is 1040. The molecule has 2 saturated heterocycles. The lowest BCUT2D eigenvalue weighted by Gasteiger charge is -2.37. The van der Waals surface area contributed by atoms with Gasteiger partial charge in [-0.15, -0.1) is 0 Å². The van der Waals surface area contributed by atoms with Gasteiger partial charge in [-0.25, -0.2) is 9.59 Å². The Kier molecular flexibility index (Phi) is 10.4. The summed E-state index contributed by atoms with van der Waals surface area (Å²) in [6.45, 7) is 6.96. The molecule has 0 aromatic heterocycles. The zero-order valence-electron chi connectivity index (χ0n) is 22.2. The molecule has 1 saturated carbocycles. The number of methoxy groups -OCH3 is 1. The van der Waals surface area contributed by atoms with Crippen LogP contribution < -0.4 is 9.64 Å². The molecular weight excluding hydrogens is 510 g/mol. The SMILES string of the molecule is COc1ccc(C)cc1N1CCN(CCCN2C(=O)C3CC(O)C(O)CC3C2=O)CC1.O=C(O)/C=C\C(=O)O. The van der Waals surface area contributed by atoms with Gasteiger partial charge in [0, 0.05) is 44.9 Å². The normalized spacial score (nSPS) is 25.3. The summed E-state index contributed by atoms with van der Waals surface area (Å²) >= 11 is 0. The maximum Gasteiger partial charge on any atom is 0.328 e. The van der Waals surface area contributed by atoms with Crippen LogP contribution in [-0.4, -0.2) is 113 Å². The van der Waals surface area contributed by atoms with Crippen molar-refractivity contribution >= 4 is 29.4 Å². The van der Waals surface area contributed by atoms with Crippen molar-refractivity contribution in [2.45, 2.75) is 38.4 Å². The third-order valence-corrected chi connectivity index (χ3v) is 7.36. The first kappa shape index (κ1) is 30.1. The van der Waals surface area contributed by atoms with E-state index in [4.69, 9.17) is 14.9 Å². The molecule has 0 spiro atoms. The highest BCUT2D eigenvalue weighted by atomic mass is 16.5. The van der Waals surface area contributed by atoms with E-state index in [2.05, 4.69) is 28.9 Å². The number of ether oxygens (including phenoxy) is 1. The van der Waals surface area contributed by atoms with Crippen LogP contribution in [-0.2, 0) is 19.2 Å². The number of carbonyl (C=O) groups excluding carboxylic acids is 2. The Morgan fingerprint density at radius 1 is 0.923 bits per heavy atom. The molecule has 1 aliphatic carbocycles. The smallest absolute Gasteiger partial charge is 0.328 e. The van der Waals surface area contributed by atoms with Crippen LogP contribution in [0.3, 0.4) is 0 Å². The number of carboxylic acids is 2. The first-order chi connectivity index (χ1) is 18.5. The van der Waals surface area contributed by atoms with E-state index in [0.29, 0.717) is 18.7 Å². The summed E-state index contributed by atoms with van der Waals surface area (Å²) in [5, 5.41) is 35.3. The third-order valence-electron chi connectivity index (χ3n) is 7.36. The predicted octanol–water partition coefficient (Wildman–Crippen LogP) is 0.344. The van der Waals surface area contributed by atoms with Crippen molar-refractivity contribution in [3.05, 3.63) is 35.9 Å². The zero-order chi connectivity index (χ0) is 28.7. The molecule has 3 aliphatic rings. The molecular formula is C27H37N3O9. The van der Waals surface area contributed by atoms with Gasteiger partial charge in [0.05, 0.1) is 36.8 Å². The first-order valence-corrected chi connectivity index (χ1v) is 13.0. The number of anilines is 1. The van der Waals surface area contributed by atoms with Crippen molar-refractivity contribution in [1.29, 1.82) is 0 Å². The molecule has 214 valence electrons. The largest absolute Gasteiger partial charge is 0.495 e. The number of piperazine rings is 1. The average molecular weight is 548 g/mol. The lowest BCUT2D eigenvalue weighted by molar-refractivity contribution is -0.140. The molecule has 4 N–H and O–H groups in total. The number of amides is 2. The maximum absolute atomic E-state index is 12.7. The number of carbonyl (C=O) groups is 4. The molecule has 3 fully saturated rings. The van der Waals surface area contributed by atoms with Gasteiger partial charge in [0.1, 0.15) is 5.75 Å². The van der Waals surface area contributed by atoms with Gasteiger partial charge in [-0.2, -0.15) is 0 Å². The summed E-state index contributed by atoms with van der Waals surface area (Å²) in [6.07, 6.45) is 0.372. The van der Waals surface area contributed by atoms with Crippen LogP contribution in [0.4, 0.5) is 5.69 Å². The number of rotatable bonds is 8. The van der Waals surface area contributed by atoms with Gasteiger partial charge in [0.15, 0.2) is 0 Å². The van der Waals surface area contributed by atoms with Crippen LogP contribution in [0.15, 0.2) is 30.4 Å². The number of likely N-dealkylation sites (tertiary alicyclic amines) is 1. The first-order valence-electron chi connectivity index (χ1n) is 13.0. The van der Waals surface area contributed by atoms with E-state index in [1.165, 1.54) is 10.5 Å². The number of hydrogen-bond acceptors (Lipinski definition) is 9. The van der Waals surface area contributed by atoms with Crippen molar-refractivity contribution in [3.63, 3.8) is 0 Å². The predicted molar refractivity (Wildman–Crippen MR) is 140 cm³/mol. The fraction of sp³-hybridized carbons (Fsp3) is 0.556. The number of benzene rings is 1. The number of imide groups is 1. The highest BCUT2D eigenvalue weighted by Crippen LogP contribution is 2.38. The summed E-state index contributed by atoms with van der Waals surface area (Å²) in [5.41, 5.74) is 2.33. The minimum Gasteiger partial charge on any atom is -0.495 e. The Morgan fingerprint density at radius 2 is 1.46 bits per heavy atom. The van der Waals surface area contributed by atoms with Crippen molar-refractivity contribution in [1.82, 2.24) is 9.80 Å². The van der Waals surface area contributed by atoms with Gasteiger partial charge in [0.2, 0.25) is 11.8 Å². The number of aliphatic carboxylic acids is 2. The van der Waals surface area contributed by atoms with E-state index < -0.39 is 36.0 Å². The number of aliphatic hydroxyl groups excluding tert-OH is 2. The minimum atomic E-state index is -1.26. The molecule has 4 unspecified atom stereocenters. The van der Waals surface area contributed by atoms with Crippen molar-refractivity contribution in [3.8, 4) is 5.75 Å². The maximum atomic E-state index is 12.7. The molecule has 12 nitrogen and oxygen atoms in total. The number of nitrogens with zero attached hydrogens (tertiary/aromatic N) is 3. The second-order valence-corrected chi connectivity index (χ2v) is 10.0. The van der Waals surface area contributed by atoms with Gasteiger partial charge < -0.3 is 30.1 Å². The monoisotopic (exact) mass is 547 g/mol. The van der Waals surface area contributed by atoms with Crippen LogP contribution in [0.2, 0.25) is 0 Å². The topological polar surface area (TPSA) is 168 Å². The molecule has 2 aliphatic heterocycles. The Morgan fingerprint density at radius 3 is 1.95 bits per heavy atom. The molecule has 1 aromatic carbocycles. The lowest BCUT2D eigenvalue weighted by Crippen LogP contribution is -2.47. The number of hydrogen-bond donors (Lipinski definition) is 4. The molecule has 0 radical (unpaired) electrons. The van der Waals surface area contributed by atoms with E-state index in [9.17, 15) is 29.4 Å². The van der Waals surface area contributed by atoms with Gasteiger partial charge in [-0.05, 0) is 50.4 Å². The highest BCUT2D eigenvalue weighted by molar-refractivity contribution is 6.05. The summed E-state index contributed by atoms with van der Waals surface area (Å²) in [7, 11) is 1.70. The Hall–Kier alpha value is -3.48. The van der Waals surface area contributed by atoms with E-state index in [0.717, 1.165) is 50.6 Å². The van der Waals surface area contributed by atoms with Crippen LogP contribution >= 0.6 is 0 Å². The fourth-order valence-electron chi connectivity index (χ4n) is 5.29. The summed E-state index contributed by atoms with van der Waals surface area (Å²) < 4.78 is 5.52. The third kappa shape index (κ3) is 7.78. The number of aliphatic hydroxyl groups is 2. The van der Waals surface area contributed by atoms with Gasteiger partial charge in [0.25, 0.3) is 0 Å². The van der Waals surface area contributed by atoms with E-state index >= 15 is 0 Å². The molecule has 4 rings (SSSR count). The summed E-state index contributed by atoms with van der Waals surface area (Å²) in [6, 6.07) is 6.22. The lowest BCUT2D eigenvalue weighted by atomic mass is 9.78. The highest BCUT2D eigenvalue weighted by Gasteiger charge is 2.51. The number of carboxylic acid groups (broad SMARTS) is 2. The fourth-order valence-corrected chi connectivity index (χ4v) is 5.29. The molecule has 2 amide bonds. The van der Waals surface area contributed by atoms with Crippen LogP contribution in [0.1, 0.15) is 24.8 Å². The molecule has 4 atom stereocenters. The number of fused-ring (bicyclic) bond motifs is 1.